The largest absolute Gasteiger partial charge is 0.392 e. The number of rotatable bonds is 2. The fourth-order valence-corrected chi connectivity index (χ4v) is 4.09. The average molecular weight is 235 g/mol. The van der Waals surface area contributed by atoms with E-state index in [0.29, 0.717) is 5.41 Å². The highest BCUT2D eigenvalue weighted by Crippen LogP contribution is 2.59. The Balaban J connectivity index is 1.64. The molecule has 0 radical (unpaired) electrons. The average Bonchev–Trinajstić information content (AvgIpc) is 2.29. The van der Waals surface area contributed by atoms with Crippen molar-refractivity contribution in [1.29, 1.82) is 0 Å². The molecule has 4 aliphatic rings. The lowest BCUT2D eigenvalue weighted by molar-refractivity contribution is -0.0136. The molecule has 0 amide bonds. The van der Waals surface area contributed by atoms with Crippen LogP contribution in [0.4, 0.5) is 0 Å². The summed E-state index contributed by atoms with van der Waals surface area (Å²) in [6, 6.07) is 0. The maximum Gasteiger partial charge on any atom is 0.0667 e. The van der Waals surface area contributed by atoms with Crippen molar-refractivity contribution in [3.8, 4) is 0 Å². The first-order valence-corrected chi connectivity index (χ1v) is 7.16. The van der Waals surface area contributed by atoms with Crippen LogP contribution in [0.1, 0.15) is 39.5 Å². The van der Waals surface area contributed by atoms with Gasteiger partial charge in [0.25, 0.3) is 0 Å². The molecule has 2 bridgehead atoms. The molecule has 96 valence electrons. The molecule has 1 N–H and O–H groups in total. The predicted octanol–water partition coefficient (Wildman–Crippen LogP) is 2.44. The Morgan fingerprint density at radius 2 is 2.29 bits per heavy atom. The van der Waals surface area contributed by atoms with E-state index in [-0.39, 0.29) is 6.10 Å². The number of nitrogens with zero attached hydrogens (tertiary/aromatic N) is 1. The van der Waals surface area contributed by atoms with Crippen molar-refractivity contribution in [3.05, 3.63) is 11.6 Å². The van der Waals surface area contributed by atoms with Gasteiger partial charge in [0, 0.05) is 13.1 Å². The normalized spacial score (nSPS) is 40.6. The van der Waals surface area contributed by atoms with E-state index in [9.17, 15) is 5.11 Å². The van der Waals surface area contributed by atoms with Gasteiger partial charge in [-0.2, -0.15) is 0 Å². The number of aliphatic hydroxyl groups excluding tert-OH is 1. The number of piperidine rings is 1. The summed E-state index contributed by atoms with van der Waals surface area (Å²) in [6.45, 7) is 8.03. The van der Waals surface area contributed by atoms with Crippen LogP contribution in [0.2, 0.25) is 0 Å². The molecule has 17 heavy (non-hydrogen) atoms. The fraction of sp³-hybridized carbons (Fsp3) is 0.867. The predicted molar refractivity (Wildman–Crippen MR) is 69.8 cm³/mol. The van der Waals surface area contributed by atoms with E-state index < -0.39 is 0 Å². The van der Waals surface area contributed by atoms with Gasteiger partial charge in [-0.15, -0.1) is 0 Å². The van der Waals surface area contributed by atoms with Crippen molar-refractivity contribution in [3.63, 3.8) is 0 Å². The first-order chi connectivity index (χ1) is 8.07. The lowest BCUT2D eigenvalue weighted by Gasteiger charge is -2.57. The highest BCUT2D eigenvalue weighted by atomic mass is 16.3. The molecule has 3 atom stereocenters. The second-order valence-electron chi connectivity index (χ2n) is 6.85. The topological polar surface area (TPSA) is 23.5 Å². The van der Waals surface area contributed by atoms with Crippen LogP contribution in [0.5, 0.6) is 0 Å². The number of β-amino-alcohol motifs (C(OH)–C–C–N with tert-alkyl or cyclic N) is 1. The summed E-state index contributed by atoms with van der Waals surface area (Å²) in [5.41, 5.74) is 2.20. The van der Waals surface area contributed by atoms with Crippen molar-refractivity contribution in [2.75, 3.05) is 19.6 Å². The molecule has 0 unspecified atom stereocenters. The molecule has 0 spiro atoms. The SMILES string of the molecule is CC1(C)[C@@H]2CC=C(CN3CCC[C@H](O)C3)[C@H]1C2. The molecule has 3 aliphatic carbocycles. The maximum atomic E-state index is 9.73. The van der Waals surface area contributed by atoms with Crippen LogP contribution in [0, 0.1) is 17.3 Å². The van der Waals surface area contributed by atoms with Gasteiger partial charge >= 0.3 is 0 Å². The molecular weight excluding hydrogens is 210 g/mol. The molecule has 1 saturated carbocycles. The van der Waals surface area contributed by atoms with E-state index in [1.54, 1.807) is 5.57 Å². The van der Waals surface area contributed by atoms with E-state index in [1.807, 2.05) is 0 Å². The van der Waals surface area contributed by atoms with Gasteiger partial charge in [-0.3, -0.25) is 4.90 Å². The molecule has 0 aromatic carbocycles. The van der Waals surface area contributed by atoms with Gasteiger partial charge in [0.2, 0.25) is 0 Å². The summed E-state index contributed by atoms with van der Waals surface area (Å²) in [5, 5.41) is 9.73. The van der Waals surface area contributed by atoms with Crippen LogP contribution < -0.4 is 0 Å². The van der Waals surface area contributed by atoms with Gasteiger partial charge in [-0.1, -0.05) is 25.5 Å². The number of fused-ring (bicyclic) bond motifs is 1. The minimum atomic E-state index is -0.0879. The van der Waals surface area contributed by atoms with Gasteiger partial charge in [0.05, 0.1) is 6.10 Å². The van der Waals surface area contributed by atoms with Gasteiger partial charge in [0.15, 0.2) is 0 Å². The van der Waals surface area contributed by atoms with Crippen molar-refractivity contribution >= 4 is 0 Å². The van der Waals surface area contributed by atoms with Gasteiger partial charge in [-0.25, -0.2) is 0 Å². The highest BCUT2D eigenvalue weighted by Gasteiger charge is 2.51. The summed E-state index contributed by atoms with van der Waals surface area (Å²) in [7, 11) is 0. The number of hydrogen-bond acceptors (Lipinski definition) is 2. The second-order valence-corrected chi connectivity index (χ2v) is 6.85. The van der Waals surface area contributed by atoms with Crippen molar-refractivity contribution < 1.29 is 5.11 Å². The Bertz CT molecular complexity index is 334. The molecular formula is C15H25NO. The number of aliphatic hydroxyl groups is 1. The van der Waals surface area contributed by atoms with Crippen LogP contribution >= 0.6 is 0 Å². The van der Waals surface area contributed by atoms with E-state index in [4.69, 9.17) is 0 Å². The molecule has 4 rings (SSSR count). The van der Waals surface area contributed by atoms with Gasteiger partial charge in [-0.05, 0) is 49.5 Å². The number of hydrogen-bond donors (Lipinski definition) is 1. The summed E-state index contributed by atoms with van der Waals surface area (Å²) in [6.07, 6.45) is 7.25. The Hall–Kier alpha value is -0.340. The molecule has 1 heterocycles. The van der Waals surface area contributed by atoms with E-state index in [1.165, 1.54) is 19.4 Å². The van der Waals surface area contributed by atoms with Crippen LogP contribution in [-0.4, -0.2) is 35.7 Å². The van der Waals surface area contributed by atoms with Crippen LogP contribution in [0.15, 0.2) is 11.6 Å². The van der Waals surface area contributed by atoms with E-state index >= 15 is 0 Å². The quantitative estimate of drug-likeness (QED) is 0.743. The Labute approximate surface area is 105 Å². The van der Waals surface area contributed by atoms with Crippen LogP contribution in [-0.2, 0) is 0 Å². The first kappa shape index (κ1) is 11.7. The third kappa shape index (κ3) is 1.96. The summed E-state index contributed by atoms with van der Waals surface area (Å²) >= 11 is 0. The Kier molecular flexibility index (Phi) is 2.83. The summed E-state index contributed by atoms with van der Waals surface area (Å²) in [5.74, 6) is 1.75. The molecule has 0 aromatic heterocycles. The summed E-state index contributed by atoms with van der Waals surface area (Å²) < 4.78 is 0. The molecule has 0 aromatic rings. The third-order valence-corrected chi connectivity index (χ3v) is 5.47. The third-order valence-electron chi connectivity index (χ3n) is 5.47. The molecule has 2 fully saturated rings. The molecule has 2 heteroatoms. The lowest BCUT2D eigenvalue weighted by Crippen LogP contribution is -2.50. The van der Waals surface area contributed by atoms with Gasteiger partial charge < -0.3 is 5.11 Å². The fourth-order valence-electron chi connectivity index (χ4n) is 4.09. The van der Waals surface area contributed by atoms with E-state index in [0.717, 1.165) is 37.8 Å². The van der Waals surface area contributed by atoms with Crippen LogP contribution in [0.3, 0.4) is 0 Å². The number of allylic oxidation sites excluding steroid dienone is 1. The zero-order chi connectivity index (χ0) is 12.0. The van der Waals surface area contributed by atoms with Crippen molar-refractivity contribution in [1.82, 2.24) is 4.90 Å². The molecule has 1 saturated heterocycles. The minimum absolute atomic E-state index is 0.0879. The van der Waals surface area contributed by atoms with E-state index in [2.05, 4.69) is 24.8 Å². The molecule has 1 aliphatic heterocycles. The number of likely N-dealkylation sites (tertiary alicyclic amines) is 1. The van der Waals surface area contributed by atoms with Crippen molar-refractivity contribution in [2.45, 2.75) is 45.6 Å². The lowest BCUT2D eigenvalue weighted by atomic mass is 9.49. The highest BCUT2D eigenvalue weighted by molar-refractivity contribution is 5.24. The zero-order valence-corrected chi connectivity index (χ0v) is 11.2. The van der Waals surface area contributed by atoms with Gasteiger partial charge in [0.1, 0.15) is 0 Å². The smallest absolute Gasteiger partial charge is 0.0667 e. The minimum Gasteiger partial charge on any atom is -0.392 e. The standard InChI is InChI=1S/C15H25NO/c1-15(2)12-6-5-11(14(15)8-12)9-16-7-3-4-13(17)10-16/h5,12-14,17H,3-4,6-10H2,1-2H3/t12-,13+,14-/m1/s1. The second kappa shape index (κ2) is 4.10. The Morgan fingerprint density at radius 3 is 2.94 bits per heavy atom. The first-order valence-electron chi connectivity index (χ1n) is 7.16. The maximum absolute atomic E-state index is 9.73. The molecule has 2 nitrogen and oxygen atoms in total. The van der Waals surface area contributed by atoms with Crippen molar-refractivity contribution in [2.24, 2.45) is 17.3 Å². The Morgan fingerprint density at radius 1 is 1.47 bits per heavy atom. The van der Waals surface area contributed by atoms with Crippen LogP contribution in [0.25, 0.3) is 0 Å². The summed E-state index contributed by atoms with van der Waals surface area (Å²) in [4.78, 5) is 2.45. The zero-order valence-electron chi connectivity index (χ0n) is 11.2. The monoisotopic (exact) mass is 235 g/mol.